The molecule has 6 heteroatoms. The summed E-state index contributed by atoms with van der Waals surface area (Å²) in [6, 6.07) is 9.81. The topological polar surface area (TPSA) is 82.7 Å². The van der Waals surface area contributed by atoms with E-state index in [-0.39, 0.29) is 25.0 Å². The summed E-state index contributed by atoms with van der Waals surface area (Å²) in [5, 5.41) is 14.1. The summed E-state index contributed by atoms with van der Waals surface area (Å²) in [4.78, 5) is 16.2. The average Bonchev–Trinajstić information content (AvgIpc) is 2.89. The molecule has 1 aromatic heterocycles. The van der Waals surface area contributed by atoms with Crippen molar-refractivity contribution in [2.24, 2.45) is 0 Å². The molecule has 0 spiro atoms. The number of carbonyl (C=O) groups is 1. The predicted octanol–water partition coefficient (Wildman–Crippen LogP) is 1.35. The standard InChI is InChI=1S/C15H19N5O/c1-3-20-13-7-5-4-6-12(13)19-15(20)11(2)18-10-14(21)17-9-8-16/h4-7,11,18H,3,9-10H2,1-2H3,(H,17,21)/t11-/m0/s1. The number of carbonyl (C=O) groups excluding carboxylic acids is 1. The van der Waals surface area contributed by atoms with E-state index >= 15 is 0 Å². The average molecular weight is 285 g/mol. The number of rotatable bonds is 6. The lowest BCUT2D eigenvalue weighted by Gasteiger charge is -2.14. The molecule has 2 N–H and O–H groups in total. The number of nitriles is 1. The second-order valence-corrected chi connectivity index (χ2v) is 4.74. The van der Waals surface area contributed by atoms with Crippen molar-refractivity contribution in [3.8, 4) is 6.07 Å². The molecule has 1 heterocycles. The number of benzene rings is 1. The number of amides is 1. The van der Waals surface area contributed by atoms with Gasteiger partial charge in [0.1, 0.15) is 12.4 Å². The highest BCUT2D eigenvalue weighted by Gasteiger charge is 2.15. The first-order valence-electron chi connectivity index (χ1n) is 6.99. The molecule has 0 unspecified atom stereocenters. The van der Waals surface area contributed by atoms with Crippen LogP contribution in [0.2, 0.25) is 0 Å². The minimum absolute atomic E-state index is 0.0301. The Morgan fingerprint density at radius 2 is 2.24 bits per heavy atom. The second kappa shape index (κ2) is 6.86. The first kappa shape index (κ1) is 15.0. The number of imidazole rings is 1. The van der Waals surface area contributed by atoms with E-state index in [1.807, 2.05) is 37.3 Å². The summed E-state index contributed by atoms with van der Waals surface area (Å²) in [5.41, 5.74) is 2.05. The van der Waals surface area contributed by atoms with Crippen molar-refractivity contribution in [1.82, 2.24) is 20.2 Å². The molecule has 0 radical (unpaired) electrons. The summed E-state index contributed by atoms with van der Waals surface area (Å²) in [6.07, 6.45) is 0. The highest BCUT2D eigenvalue weighted by molar-refractivity contribution is 5.78. The molecule has 110 valence electrons. The van der Waals surface area contributed by atoms with Gasteiger partial charge in [0.2, 0.25) is 5.91 Å². The van der Waals surface area contributed by atoms with E-state index in [2.05, 4.69) is 27.1 Å². The SMILES string of the molecule is CCn1c([C@H](C)NCC(=O)NCC#N)nc2ccccc21. The third kappa shape index (κ3) is 3.38. The largest absolute Gasteiger partial charge is 0.342 e. The number of hydrogen-bond donors (Lipinski definition) is 2. The van der Waals surface area contributed by atoms with Crippen LogP contribution in [0, 0.1) is 11.3 Å². The maximum atomic E-state index is 11.5. The molecule has 2 rings (SSSR count). The van der Waals surface area contributed by atoms with Crippen LogP contribution in [0.3, 0.4) is 0 Å². The van der Waals surface area contributed by atoms with Gasteiger partial charge in [-0.3, -0.25) is 10.1 Å². The fourth-order valence-electron chi connectivity index (χ4n) is 2.29. The summed E-state index contributed by atoms with van der Waals surface area (Å²) in [7, 11) is 0. The maximum Gasteiger partial charge on any atom is 0.234 e. The Morgan fingerprint density at radius 3 is 2.95 bits per heavy atom. The molecule has 0 saturated carbocycles. The molecular weight excluding hydrogens is 266 g/mol. The predicted molar refractivity (Wildman–Crippen MR) is 80.4 cm³/mol. The van der Waals surface area contributed by atoms with Gasteiger partial charge in [-0.05, 0) is 26.0 Å². The molecule has 1 atom stereocenters. The van der Waals surface area contributed by atoms with Crippen molar-refractivity contribution in [2.75, 3.05) is 13.1 Å². The van der Waals surface area contributed by atoms with Gasteiger partial charge in [0.15, 0.2) is 0 Å². The Bertz CT molecular complexity index is 670. The first-order valence-corrected chi connectivity index (χ1v) is 6.99. The summed E-state index contributed by atoms with van der Waals surface area (Å²) in [6.45, 7) is 5.07. The lowest BCUT2D eigenvalue weighted by molar-refractivity contribution is -0.120. The number of fused-ring (bicyclic) bond motifs is 1. The van der Waals surface area contributed by atoms with Crippen LogP contribution in [0.5, 0.6) is 0 Å². The highest BCUT2D eigenvalue weighted by atomic mass is 16.1. The van der Waals surface area contributed by atoms with E-state index in [4.69, 9.17) is 5.26 Å². The molecule has 1 aromatic carbocycles. The molecule has 1 amide bonds. The van der Waals surface area contributed by atoms with Crippen molar-refractivity contribution in [3.05, 3.63) is 30.1 Å². The van der Waals surface area contributed by atoms with Gasteiger partial charge in [0, 0.05) is 6.54 Å². The van der Waals surface area contributed by atoms with Crippen LogP contribution in [-0.2, 0) is 11.3 Å². The molecule has 2 aromatic rings. The van der Waals surface area contributed by atoms with Gasteiger partial charge in [-0.2, -0.15) is 5.26 Å². The highest BCUT2D eigenvalue weighted by Crippen LogP contribution is 2.20. The van der Waals surface area contributed by atoms with Crippen LogP contribution in [0.4, 0.5) is 0 Å². The van der Waals surface area contributed by atoms with Crippen LogP contribution in [0.25, 0.3) is 11.0 Å². The van der Waals surface area contributed by atoms with E-state index in [0.29, 0.717) is 0 Å². The normalized spacial score (nSPS) is 12.0. The van der Waals surface area contributed by atoms with Crippen molar-refractivity contribution in [1.29, 1.82) is 5.26 Å². The van der Waals surface area contributed by atoms with Crippen LogP contribution < -0.4 is 10.6 Å². The zero-order valence-corrected chi connectivity index (χ0v) is 12.3. The Balaban J connectivity index is 2.10. The Labute approximate surface area is 123 Å². The lowest BCUT2D eigenvalue weighted by Crippen LogP contribution is -2.35. The first-order chi connectivity index (χ1) is 10.2. The van der Waals surface area contributed by atoms with E-state index in [0.717, 1.165) is 23.4 Å². The Hall–Kier alpha value is -2.39. The number of hydrogen-bond acceptors (Lipinski definition) is 4. The lowest BCUT2D eigenvalue weighted by atomic mass is 10.3. The van der Waals surface area contributed by atoms with Crippen molar-refractivity contribution >= 4 is 16.9 Å². The molecule has 0 fully saturated rings. The van der Waals surface area contributed by atoms with E-state index < -0.39 is 0 Å². The van der Waals surface area contributed by atoms with E-state index in [9.17, 15) is 4.79 Å². The number of aryl methyl sites for hydroxylation is 1. The third-order valence-corrected chi connectivity index (χ3v) is 3.32. The smallest absolute Gasteiger partial charge is 0.234 e. The molecule has 0 aliphatic heterocycles. The van der Waals surface area contributed by atoms with Crippen LogP contribution in [-0.4, -0.2) is 28.5 Å². The minimum atomic E-state index is -0.192. The number of aromatic nitrogens is 2. The maximum absolute atomic E-state index is 11.5. The number of nitrogens with one attached hydrogen (secondary N) is 2. The third-order valence-electron chi connectivity index (χ3n) is 3.32. The number of para-hydroxylation sites is 2. The van der Waals surface area contributed by atoms with E-state index in [1.165, 1.54) is 0 Å². The quantitative estimate of drug-likeness (QED) is 0.785. The van der Waals surface area contributed by atoms with Gasteiger partial charge < -0.3 is 9.88 Å². The molecule has 0 bridgehead atoms. The van der Waals surface area contributed by atoms with Gasteiger partial charge in [-0.25, -0.2) is 4.98 Å². The second-order valence-electron chi connectivity index (χ2n) is 4.74. The summed E-state index contributed by atoms with van der Waals surface area (Å²) >= 11 is 0. The minimum Gasteiger partial charge on any atom is -0.342 e. The van der Waals surface area contributed by atoms with Crippen LogP contribution >= 0.6 is 0 Å². The Kier molecular flexibility index (Phi) is 4.90. The molecular formula is C15H19N5O. The van der Waals surface area contributed by atoms with Crippen molar-refractivity contribution in [3.63, 3.8) is 0 Å². The summed E-state index contributed by atoms with van der Waals surface area (Å²) < 4.78 is 2.14. The fourth-order valence-corrected chi connectivity index (χ4v) is 2.29. The van der Waals surface area contributed by atoms with E-state index in [1.54, 1.807) is 0 Å². The molecule has 0 saturated heterocycles. The molecule has 0 aliphatic carbocycles. The fraction of sp³-hybridized carbons (Fsp3) is 0.400. The summed E-state index contributed by atoms with van der Waals surface area (Å²) in [5.74, 6) is 0.717. The molecule has 6 nitrogen and oxygen atoms in total. The van der Waals surface area contributed by atoms with Crippen LogP contribution in [0.1, 0.15) is 25.7 Å². The Morgan fingerprint density at radius 1 is 1.48 bits per heavy atom. The van der Waals surface area contributed by atoms with Gasteiger partial charge in [-0.15, -0.1) is 0 Å². The van der Waals surface area contributed by atoms with Crippen LogP contribution in [0.15, 0.2) is 24.3 Å². The zero-order chi connectivity index (χ0) is 15.2. The molecule has 21 heavy (non-hydrogen) atoms. The van der Waals surface area contributed by atoms with Gasteiger partial charge in [0.25, 0.3) is 0 Å². The monoisotopic (exact) mass is 285 g/mol. The van der Waals surface area contributed by atoms with Gasteiger partial charge in [-0.1, -0.05) is 12.1 Å². The van der Waals surface area contributed by atoms with Gasteiger partial charge in [0.05, 0.1) is 29.7 Å². The van der Waals surface area contributed by atoms with Gasteiger partial charge >= 0.3 is 0 Å². The zero-order valence-electron chi connectivity index (χ0n) is 12.3. The number of nitrogens with zero attached hydrogens (tertiary/aromatic N) is 3. The molecule has 0 aliphatic rings. The van der Waals surface area contributed by atoms with Crippen molar-refractivity contribution < 1.29 is 4.79 Å². The van der Waals surface area contributed by atoms with Crippen molar-refractivity contribution in [2.45, 2.75) is 26.4 Å².